The molecule has 0 fully saturated rings. The van der Waals surface area contributed by atoms with Crippen molar-refractivity contribution in [3.05, 3.63) is 106 Å². The van der Waals surface area contributed by atoms with Crippen LogP contribution in [0.5, 0.6) is 5.88 Å². The van der Waals surface area contributed by atoms with Gasteiger partial charge in [0.05, 0.1) is 16.6 Å². The van der Waals surface area contributed by atoms with Crippen molar-refractivity contribution < 1.29 is 9.90 Å². The summed E-state index contributed by atoms with van der Waals surface area (Å²) < 4.78 is 3.65. The van der Waals surface area contributed by atoms with Crippen LogP contribution in [0.4, 0.5) is 0 Å². The van der Waals surface area contributed by atoms with E-state index in [0.717, 1.165) is 5.69 Å². The van der Waals surface area contributed by atoms with Gasteiger partial charge in [0.25, 0.3) is 5.91 Å². The first-order valence-corrected chi connectivity index (χ1v) is 9.48. The first kappa shape index (κ1) is 17.3. The van der Waals surface area contributed by atoms with Gasteiger partial charge in [0.2, 0.25) is 5.88 Å². The zero-order chi connectivity index (χ0) is 20.0. The lowest BCUT2D eigenvalue weighted by atomic mass is 10.1. The highest BCUT2D eigenvalue weighted by Crippen LogP contribution is 2.33. The van der Waals surface area contributed by atoms with Crippen LogP contribution >= 0.6 is 12.2 Å². The molecule has 1 aromatic heterocycles. The fourth-order valence-electron chi connectivity index (χ4n) is 3.63. The maximum atomic E-state index is 12.9. The van der Waals surface area contributed by atoms with E-state index in [2.05, 4.69) is 4.99 Å². The number of benzene rings is 3. The lowest BCUT2D eigenvalue weighted by Crippen LogP contribution is -2.23. The third kappa shape index (κ3) is 2.65. The van der Waals surface area contributed by atoms with Crippen LogP contribution in [-0.4, -0.2) is 20.1 Å². The third-order valence-electron chi connectivity index (χ3n) is 4.90. The van der Waals surface area contributed by atoms with E-state index in [0.29, 0.717) is 32.3 Å². The molecule has 0 saturated heterocycles. The molecule has 140 valence electrons. The molecule has 0 spiro atoms. The lowest BCUT2D eigenvalue weighted by molar-refractivity contribution is -0.112. The van der Waals surface area contributed by atoms with E-state index >= 15 is 0 Å². The van der Waals surface area contributed by atoms with Crippen molar-refractivity contribution in [3.63, 3.8) is 0 Å². The molecule has 5 nitrogen and oxygen atoms in total. The summed E-state index contributed by atoms with van der Waals surface area (Å²) >= 11 is 5.75. The van der Waals surface area contributed by atoms with Crippen molar-refractivity contribution in [2.24, 2.45) is 4.99 Å². The molecule has 1 aliphatic rings. The molecule has 0 atom stereocenters. The Balaban J connectivity index is 1.94. The molecule has 0 radical (unpaired) electrons. The Morgan fingerprint density at radius 2 is 1.31 bits per heavy atom. The van der Waals surface area contributed by atoms with Crippen LogP contribution in [0, 0.1) is 4.77 Å². The number of carbonyl (C=O) groups is 1. The number of nitrogens with zero attached hydrogens (tertiary/aromatic N) is 3. The van der Waals surface area contributed by atoms with E-state index in [-0.39, 0.29) is 5.88 Å². The van der Waals surface area contributed by atoms with Crippen LogP contribution < -0.4 is 10.6 Å². The maximum absolute atomic E-state index is 12.9. The van der Waals surface area contributed by atoms with Crippen molar-refractivity contribution in [1.82, 2.24) is 9.13 Å². The normalized spacial score (nSPS) is 12.7. The molecule has 3 aromatic carbocycles. The van der Waals surface area contributed by atoms with Crippen molar-refractivity contribution in [2.45, 2.75) is 0 Å². The number of aromatic hydroxyl groups is 1. The van der Waals surface area contributed by atoms with Crippen LogP contribution in [0.2, 0.25) is 0 Å². The number of para-hydroxylation sites is 3. The summed E-state index contributed by atoms with van der Waals surface area (Å²) in [7, 11) is 0. The molecule has 1 aliphatic heterocycles. The molecule has 0 unspecified atom stereocenters. The molecule has 0 bridgehead atoms. The average Bonchev–Trinajstić information content (AvgIpc) is 3.21. The van der Waals surface area contributed by atoms with Gasteiger partial charge in [-0.1, -0.05) is 54.6 Å². The van der Waals surface area contributed by atoms with E-state index < -0.39 is 5.91 Å². The van der Waals surface area contributed by atoms with Crippen LogP contribution in [0.15, 0.2) is 89.9 Å². The van der Waals surface area contributed by atoms with Gasteiger partial charge in [-0.25, -0.2) is 4.99 Å². The van der Waals surface area contributed by atoms with Crippen molar-refractivity contribution in [3.8, 4) is 17.3 Å². The van der Waals surface area contributed by atoms with Crippen LogP contribution in [0.25, 0.3) is 16.9 Å². The second kappa shape index (κ2) is 6.68. The molecule has 29 heavy (non-hydrogen) atoms. The molecule has 0 aliphatic carbocycles. The highest BCUT2D eigenvalue weighted by Gasteiger charge is 2.29. The van der Waals surface area contributed by atoms with E-state index in [1.165, 1.54) is 0 Å². The molecule has 1 amide bonds. The highest BCUT2D eigenvalue weighted by atomic mass is 32.1. The fraction of sp³-hybridized carbons (Fsp3) is 0. The Morgan fingerprint density at radius 1 is 0.759 bits per heavy atom. The fourth-order valence-corrected chi connectivity index (χ4v) is 4.02. The standard InChI is InChI=1S/C23H15N3O2S/c27-21-19(17-13-7-8-14-18(17)24-21)20-22(28)26(16-11-5-2-6-12-16)23(29)25(20)15-9-3-1-4-10-15/h1-14,28H. The summed E-state index contributed by atoms with van der Waals surface area (Å²) in [4.78, 5) is 17.0. The van der Waals surface area contributed by atoms with Gasteiger partial charge in [-0.15, -0.1) is 0 Å². The number of imidazole rings is 1. The predicted molar refractivity (Wildman–Crippen MR) is 112 cm³/mol. The molecule has 2 heterocycles. The van der Waals surface area contributed by atoms with Gasteiger partial charge in [-0.05, 0) is 42.5 Å². The number of hydrogen-bond donors (Lipinski definition) is 1. The maximum Gasteiger partial charge on any atom is 0.280 e. The third-order valence-corrected chi connectivity index (χ3v) is 5.27. The molecule has 0 saturated carbocycles. The Kier molecular flexibility index (Phi) is 4.00. The van der Waals surface area contributed by atoms with E-state index in [9.17, 15) is 9.90 Å². The zero-order valence-electron chi connectivity index (χ0n) is 15.2. The Labute approximate surface area is 171 Å². The zero-order valence-corrected chi connectivity index (χ0v) is 16.0. The summed E-state index contributed by atoms with van der Waals surface area (Å²) in [6.45, 7) is 0. The highest BCUT2D eigenvalue weighted by molar-refractivity contribution is 7.71. The van der Waals surface area contributed by atoms with Gasteiger partial charge in [0.15, 0.2) is 4.77 Å². The van der Waals surface area contributed by atoms with Crippen LogP contribution in [0.3, 0.4) is 0 Å². The first-order valence-electron chi connectivity index (χ1n) is 9.07. The number of amides is 1. The Hall–Kier alpha value is -3.77. The monoisotopic (exact) mass is 397 g/mol. The van der Waals surface area contributed by atoms with Crippen LogP contribution in [-0.2, 0) is 4.79 Å². The largest absolute Gasteiger partial charge is 0.493 e. The number of carbonyl (C=O) groups excluding carboxylic acids is 1. The predicted octanol–water partition coefficient (Wildman–Crippen LogP) is 3.06. The van der Waals surface area contributed by atoms with E-state index in [1.807, 2.05) is 78.9 Å². The number of hydrogen-bond acceptors (Lipinski definition) is 3. The number of rotatable bonds is 3. The number of fused-ring (bicyclic) bond motifs is 1. The Bertz CT molecular complexity index is 1440. The lowest BCUT2D eigenvalue weighted by Gasteiger charge is -2.08. The molecule has 1 N–H and O–H groups in total. The van der Waals surface area contributed by atoms with Gasteiger partial charge in [-0.3, -0.25) is 13.9 Å². The minimum atomic E-state index is -0.397. The van der Waals surface area contributed by atoms with Crippen molar-refractivity contribution in [2.75, 3.05) is 0 Å². The molecule has 4 aromatic rings. The second-order valence-corrected chi connectivity index (χ2v) is 6.97. The summed E-state index contributed by atoms with van der Waals surface area (Å²) in [5.41, 5.74) is 2.14. The molecule has 6 heteroatoms. The minimum absolute atomic E-state index is 0.0969. The van der Waals surface area contributed by atoms with Crippen molar-refractivity contribution >= 4 is 23.7 Å². The van der Waals surface area contributed by atoms with Gasteiger partial charge >= 0.3 is 0 Å². The van der Waals surface area contributed by atoms with E-state index in [1.54, 1.807) is 15.2 Å². The molecular weight excluding hydrogens is 382 g/mol. The smallest absolute Gasteiger partial charge is 0.280 e. The Morgan fingerprint density at radius 3 is 1.97 bits per heavy atom. The minimum Gasteiger partial charge on any atom is -0.493 e. The summed E-state index contributed by atoms with van der Waals surface area (Å²) in [5.74, 6) is -0.494. The quantitative estimate of drug-likeness (QED) is 0.541. The van der Waals surface area contributed by atoms with Gasteiger partial charge in [0, 0.05) is 10.9 Å². The van der Waals surface area contributed by atoms with Gasteiger partial charge in [0.1, 0.15) is 5.69 Å². The van der Waals surface area contributed by atoms with Crippen molar-refractivity contribution in [1.29, 1.82) is 0 Å². The SMILES string of the molecule is O=C1N=c2ccccc2=C1c1c(O)n(-c2ccccc2)c(=S)n1-c1ccccc1. The first-order chi connectivity index (χ1) is 14.2. The molecule has 5 rings (SSSR count). The van der Waals surface area contributed by atoms with Crippen LogP contribution in [0.1, 0.15) is 5.69 Å². The topological polar surface area (TPSA) is 59.5 Å². The van der Waals surface area contributed by atoms with E-state index in [4.69, 9.17) is 12.2 Å². The number of aromatic nitrogens is 2. The van der Waals surface area contributed by atoms with Gasteiger partial charge in [-0.2, -0.15) is 0 Å². The summed E-state index contributed by atoms with van der Waals surface area (Å²) in [6.07, 6.45) is 0. The average molecular weight is 397 g/mol. The summed E-state index contributed by atoms with van der Waals surface area (Å²) in [6, 6.07) is 26.1. The molecular formula is C23H15N3O2S. The second-order valence-electron chi connectivity index (χ2n) is 6.61. The summed E-state index contributed by atoms with van der Waals surface area (Å²) in [5, 5.41) is 12.5. The van der Waals surface area contributed by atoms with Gasteiger partial charge < -0.3 is 5.11 Å².